The summed E-state index contributed by atoms with van der Waals surface area (Å²) in [6, 6.07) is 0.119. The summed E-state index contributed by atoms with van der Waals surface area (Å²) in [4.78, 5) is 22.8. The fourth-order valence-corrected chi connectivity index (χ4v) is 2.29. The van der Waals surface area contributed by atoms with Gasteiger partial charge in [-0.2, -0.15) is 0 Å². The zero-order valence-corrected chi connectivity index (χ0v) is 12.3. The molecule has 0 saturated carbocycles. The molecule has 1 aliphatic heterocycles. The molecule has 6 heteroatoms. The van der Waals surface area contributed by atoms with Gasteiger partial charge in [0.1, 0.15) is 11.5 Å². The lowest BCUT2D eigenvalue weighted by atomic mass is 10.1. The standard InChI is InChI=1S/C14H22N4O2/c1-4-11-9-20-10(3)8-18(11)14(19)12-6-17-13(7-16-12)15-5-2/h6-7,10-11H,4-5,8-9H2,1-3H3,(H,15,17). The summed E-state index contributed by atoms with van der Waals surface area (Å²) in [5.74, 6) is 0.619. The Morgan fingerprint density at radius 2 is 2.25 bits per heavy atom. The first-order chi connectivity index (χ1) is 9.65. The second-order valence-electron chi connectivity index (χ2n) is 4.98. The fourth-order valence-electron chi connectivity index (χ4n) is 2.29. The van der Waals surface area contributed by atoms with Gasteiger partial charge in [-0.05, 0) is 20.3 Å². The lowest BCUT2D eigenvalue weighted by Crippen LogP contribution is -2.51. The van der Waals surface area contributed by atoms with Gasteiger partial charge in [0.25, 0.3) is 5.91 Å². The van der Waals surface area contributed by atoms with Crippen LogP contribution in [-0.2, 0) is 4.74 Å². The first-order valence-corrected chi connectivity index (χ1v) is 7.14. The van der Waals surface area contributed by atoms with Crippen LogP contribution in [0.2, 0.25) is 0 Å². The molecule has 1 saturated heterocycles. The van der Waals surface area contributed by atoms with Crippen LogP contribution in [-0.4, -0.2) is 52.6 Å². The highest BCUT2D eigenvalue weighted by atomic mass is 16.5. The van der Waals surface area contributed by atoms with E-state index in [4.69, 9.17) is 4.74 Å². The molecule has 0 aromatic carbocycles. The van der Waals surface area contributed by atoms with E-state index in [2.05, 4.69) is 22.2 Å². The third-order valence-corrected chi connectivity index (χ3v) is 3.43. The Morgan fingerprint density at radius 3 is 2.85 bits per heavy atom. The molecule has 0 radical (unpaired) electrons. The number of amides is 1. The van der Waals surface area contributed by atoms with Gasteiger partial charge < -0.3 is 15.0 Å². The van der Waals surface area contributed by atoms with E-state index in [-0.39, 0.29) is 18.1 Å². The van der Waals surface area contributed by atoms with Crippen LogP contribution in [0.5, 0.6) is 0 Å². The predicted octanol–water partition coefficient (Wildman–Crippen LogP) is 1.55. The van der Waals surface area contributed by atoms with Gasteiger partial charge in [-0.3, -0.25) is 4.79 Å². The molecule has 0 bridgehead atoms. The average Bonchev–Trinajstić information content (AvgIpc) is 2.47. The minimum absolute atomic E-state index is 0.0655. The van der Waals surface area contributed by atoms with Crippen molar-refractivity contribution in [2.24, 2.45) is 0 Å². The summed E-state index contributed by atoms with van der Waals surface area (Å²) in [6.45, 7) is 8.00. The molecule has 1 aromatic rings. The van der Waals surface area contributed by atoms with E-state index < -0.39 is 0 Å². The van der Waals surface area contributed by atoms with Crippen molar-refractivity contribution >= 4 is 11.7 Å². The topological polar surface area (TPSA) is 67.4 Å². The number of rotatable bonds is 4. The normalized spacial score (nSPS) is 22.6. The first kappa shape index (κ1) is 14.7. The van der Waals surface area contributed by atoms with Gasteiger partial charge in [0.15, 0.2) is 0 Å². The molecule has 1 aliphatic rings. The first-order valence-electron chi connectivity index (χ1n) is 7.14. The maximum atomic E-state index is 12.5. The summed E-state index contributed by atoms with van der Waals surface area (Å²) < 4.78 is 5.61. The van der Waals surface area contributed by atoms with E-state index in [1.165, 1.54) is 6.20 Å². The molecule has 1 fully saturated rings. The van der Waals surface area contributed by atoms with Crippen molar-refractivity contribution in [3.63, 3.8) is 0 Å². The number of hydrogen-bond donors (Lipinski definition) is 1. The maximum absolute atomic E-state index is 12.5. The van der Waals surface area contributed by atoms with Gasteiger partial charge >= 0.3 is 0 Å². The number of carbonyl (C=O) groups is 1. The SMILES string of the molecule is CCNc1cnc(C(=O)N2CC(C)OCC2CC)cn1. The van der Waals surface area contributed by atoms with Crippen LogP contribution < -0.4 is 5.32 Å². The number of nitrogens with one attached hydrogen (secondary N) is 1. The monoisotopic (exact) mass is 278 g/mol. The smallest absolute Gasteiger partial charge is 0.274 e. The van der Waals surface area contributed by atoms with E-state index in [9.17, 15) is 4.79 Å². The Bertz CT molecular complexity index is 449. The second kappa shape index (κ2) is 6.65. The van der Waals surface area contributed by atoms with Crippen molar-refractivity contribution in [1.29, 1.82) is 0 Å². The molecular formula is C14H22N4O2. The van der Waals surface area contributed by atoms with Crippen molar-refractivity contribution in [2.45, 2.75) is 39.3 Å². The van der Waals surface area contributed by atoms with Crippen molar-refractivity contribution in [2.75, 3.05) is 25.0 Å². The number of nitrogens with zero attached hydrogens (tertiary/aromatic N) is 3. The number of morpholine rings is 1. The number of aromatic nitrogens is 2. The van der Waals surface area contributed by atoms with Crippen LogP contribution in [0.1, 0.15) is 37.7 Å². The summed E-state index contributed by atoms with van der Waals surface area (Å²) >= 11 is 0. The molecule has 1 N–H and O–H groups in total. The van der Waals surface area contributed by atoms with Crippen molar-refractivity contribution < 1.29 is 9.53 Å². The van der Waals surface area contributed by atoms with Gasteiger partial charge in [0.05, 0.1) is 31.1 Å². The highest BCUT2D eigenvalue weighted by Crippen LogP contribution is 2.17. The quantitative estimate of drug-likeness (QED) is 0.905. The van der Waals surface area contributed by atoms with E-state index in [1.807, 2.05) is 18.7 Å². The van der Waals surface area contributed by atoms with E-state index >= 15 is 0 Å². The zero-order chi connectivity index (χ0) is 14.5. The molecule has 110 valence electrons. The highest BCUT2D eigenvalue weighted by molar-refractivity contribution is 5.92. The van der Waals surface area contributed by atoms with Crippen LogP contribution in [0, 0.1) is 0 Å². The Morgan fingerprint density at radius 1 is 1.45 bits per heavy atom. The third kappa shape index (κ3) is 3.25. The Balaban J connectivity index is 2.12. The van der Waals surface area contributed by atoms with Crippen LogP contribution in [0.25, 0.3) is 0 Å². The molecule has 2 atom stereocenters. The summed E-state index contributed by atoms with van der Waals surface area (Å²) in [6.07, 6.45) is 4.08. The summed E-state index contributed by atoms with van der Waals surface area (Å²) in [5, 5.41) is 3.06. The van der Waals surface area contributed by atoms with Gasteiger partial charge in [-0.15, -0.1) is 0 Å². The molecule has 1 amide bonds. The second-order valence-corrected chi connectivity index (χ2v) is 4.98. The number of hydrogen-bond acceptors (Lipinski definition) is 5. The summed E-state index contributed by atoms with van der Waals surface area (Å²) in [5.41, 5.74) is 0.388. The van der Waals surface area contributed by atoms with Crippen LogP contribution in [0.4, 0.5) is 5.82 Å². The molecule has 0 spiro atoms. The van der Waals surface area contributed by atoms with Crippen LogP contribution in [0.15, 0.2) is 12.4 Å². The highest BCUT2D eigenvalue weighted by Gasteiger charge is 2.30. The molecule has 0 aliphatic carbocycles. The third-order valence-electron chi connectivity index (χ3n) is 3.43. The molecule has 6 nitrogen and oxygen atoms in total. The molecule has 2 rings (SSSR count). The fraction of sp³-hybridized carbons (Fsp3) is 0.643. The minimum Gasteiger partial charge on any atom is -0.375 e. The maximum Gasteiger partial charge on any atom is 0.274 e. The summed E-state index contributed by atoms with van der Waals surface area (Å²) in [7, 11) is 0. The molecule has 2 unspecified atom stereocenters. The van der Waals surface area contributed by atoms with Gasteiger partial charge in [-0.1, -0.05) is 6.92 Å². The van der Waals surface area contributed by atoms with Crippen LogP contribution in [0.3, 0.4) is 0 Å². The van der Waals surface area contributed by atoms with E-state index in [0.29, 0.717) is 24.7 Å². The van der Waals surface area contributed by atoms with Gasteiger partial charge in [0, 0.05) is 13.1 Å². The van der Waals surface area contributed by atoms with Crippen LogP contribution >= 0.6 is 0 Å². The minimum atomic E-state index is -0.0671. The molecule has 20 heavy (non-hydrogen) atoms. The predicted molar refractivity (Wildman–Crippen MR) is 76.7 cm³/mol. The Kier molecular flexibility index (Phi) is 4.89. The lowest BCUT2D eigenvalue weighted by molar-refractivity contribution is -0.0446. The Hall–Kier alpha value is -1.69. The van der Waals surface area contributed by atoms with Crippen molar-refractivity contribution in [3.8, 4) is 0 Å². The Labute approximate surface area is 119 Å². The number of ether oxygens (including phenoxy) is 1. The van der Waals surface area contributed by atoms with Gasteiger partial charge in [0.2, 0.25) is 0 Å². The number of carbonyl (C=O) groups excluding carboxylic acids is 1. The zero-order valence-electron chi connectivity index (χ0n) is 12.3. The van der Waals surface area contributed by atoms with Gasteiger partial charge in [-0.25, -0.2) is 9.97 Å². The number of anilines is 1. The molecule has 1 aromatic heterocycles. The van der Waals surface area contributed by atoms with E-state index in [1.54, 1.807) is 6.20 Å². The molecular weight excluding hydrogens is 256 g/mol. The molecule has 2 heterocycles. The average molecular weight is 278 g/mol. The van der Waals surface area contributed by atoms with Crippen molar-refractivity contribution in [3.05, 3.63) is 18.1 Å². The lowest BCUT2D eigenvalue weighted by Gasteiger charge is -2.38. The largest absolute Gasteiger partial charge is 0.375 e. The van der Waals surface area contributed by atoms with E-state index in [0.717, 1.165) is 13.0 Å². The van der Waals surface area contributed by atoms with Crippen molar-refractivity contribution in [1.82, 2.24) is 14.9 Å².